The number of carbonyl (C=O) groups excluding carboxylic acids is 1. The molecule has 2 aromatic rings. The molecule has 1 N–H and O–H groups in total. The second-order valence-corrected chi connectivity index (χ2v) is 7.91. The van der Waals surface area contributed by atoms with E-state index in [4.69, 9.17) is 4.74 Å². The van der Waals surface area contributed by atoms with Crippen LogP contribution in [-0.4, -0.2) is 39.4 Å². The van der Waals surface area contributed by atoms with Gasteiger partial charge in [0.25, 0.3) is 0 Å². The lowest BCUT2D eigenvalue weighted by molar-refractivity contribution is -0.131. The molecule has 0 heterocycles. The molecular weight excluding hydrogens is 352 g/mol. The predicted molar refractivity (Wildman–Crippen MR) is 100 cm³/mol. The van der Waals surface area contributed by atoms with Gasteiger partial charge in [-0.05, 0) is 43.7 Å². The number of carbonyl (C=O) groups is 1. The Hall–Kier alpha value is -2.38. The summed E-state index contributed by atoms with van der Waals surface area (Å²) in [4.78, 5) is 14.1. The molecule has 0 spiro atoms. The van der Waals surface area contributed by atoms with Crippen LogP contribution in [0.25, 0.3) is 0 Å². The van der Waals surface area contributed by atoms with Crippen LogP contribution in [0.2, 0.25) is 0 Å². The fourth-order valence-corrected chi connectivity index (χ4v) is 3.68. The largest absolute Gasteiger partial charge is 0.497 e. The average Bonchev–Trinajstić information content (AvgIpc) is 2.62. The minimum atomic E-state index is -3.79. The van der Waals surface area contributed by atoms with Gasteiger partial charge >= 0.3 is 0 Å². The fourth-order valence-electron chi connectivity index (χ4n) is 2.48. The van der Waals surface area contributed by atoms with Gasteiger partial charge in [-0.1, -0.05) is 29.8 Å². The Bertz CT molecular complexity index is 846. The second kappa shape index (κ2) is 8.33. The number of nitrogens with zero attached hydrogens (tertiary/aromatic N) is 1. The zero-order valence-electron chi connectivity index (χ0n) is 15.4. The van der Waals surface area contributed by atoms with Gasteiger partial charge in [0.05, 0.1) is 18.0 Å². The van der Waals surface area contributed by atoms with Crippen LogP contribution < -0.4 is 9.46 Å². The molecule has 0 aromatic heterocycles. The van der Waals surface area contributed by atoms with Crippen LogP contribution in [0.1, 0.15) is 18.1 Å². The lowest BCUT2D eigenvalue weighted by atomic mass is 10.1. The number of hydrogen-bond acceptors (Lipinski definition) is 4. The first kappa shape index (κ1) is 19.9. The first-order chi connectivity index (χ1) is 12.2. The lowest BCUT2D eigenvalue weighted by Crippen LogP contribution is -2.45. The number of hydrogen-bond donors (Lipinski definition) is 1. The third-order valence-corrected chi connectivity index (χ3v) is 5.55. The van der Waals surface area contributed by atoms with Crippen molar-refractivity contribution in [3.8, 4) is 5.75 Å². The molecule has 26 heavy (non-hydrogen) atoms. The molecule has 0 aliphatic rings. The lowest BCUT2D eigenvalue weighted by Gasteiger charge is -2.22. The van der Waals surface area contributed by atoms with E-state index in [1.165, 1.54) is 31.1 Å². The van der Waals surface area contributed by atoms with Crippen molar-refractivity contribution in [2.24, 2.45) is 0 Å². The van der Waals surface area contributed by atoms with Crippen LogP contribution in [0.4, 0.5) is 0 Å². The van der Waals surface area contributed by atoms with E-state index in [0.29, 0.717) is 12.3 Å². The van der Waals surface area contributed by atoms with Crippen LogP contribution in [0.5, 0.6) is 5.75 Å². The summed E-state index contributed by atoms with van der Waals surface area (Å²) in [6.07, 6.45) is 0. The van der Waals surface area contributed by atoms with Gasteiger partial charge in [-0.15, -0.1) is 0 Å². The topological polar surface area (TPSA) is 75.7 Å². The third kappa shape index (κ3) is 5.06. The van der Waals surface area contributed by atoms with E-state index in [9.17, 15) is 13.2 Å². The van der Waals surface area contributed by atoms with E-state index in [2.05, 4.69) is 4.72 Å². The first-order valence-corrected chi connectivity index (χ1v) is 9.68. The number of methoxy groups -OCH3 is 1. The number of likely N-dealkylation sites (N-methyl/N-ethyl adjacent to an activating group) is 1. The Balaban J connectivity index is 2.03. The van der Waals surface area contributed by atoms with E-state index < -0.39 is 16.1 Å². The zero-order valence-corrected chi connectivity index (χ0v) is 16.2. The molecule has 1 atom stereocenters. The summed E-state index contributed by atoms with van der Waals surface area (Å²) in [5.74, 6) is 0.258. The van der Waals surface area contributed by atoms with Crippen molar-refractivity contribution in [2.75, 3.05) is 14.2 Å². The standard InChI is InChI=1S/C19H24N2O4S/c1-14-5-7-16(8-6-14)13-21(3)19(22)15(2)20-26(23,24)18-11-9-17(25-4)10-12-18/h5-12,15,20H,13H2,1-4H3/t15-/m0/s1. The molecule has 0 saturated heterocycles. The minimum Gasteiger partial charge on any atom is -0.497 e. The minimum absolute atomic E-state index is 0.0825. The van der Waals surface area contributed by atoms with Crippen LogP contribution >= 0.6 is 0 Å². The van der Waals surface area contributed by atoms with Gasteiger partial charge in [0.2, 0.25) is 15.9 Å². The Kier molecular flexibility index (Phi) is 6.39. The van der Waals surface area contributed by atoms with Crippen molar-refractivity contribution in [1.82, 2.24) is 9.62 Å². The van der Waals surface area contributed by atoms with E-state index in [0.717, 1.165) is 11.1 Å². The van der Waals surface area contributed by atoms with Crippen LogP contribution in [0, 0.1) is 6.92 Å². The van der Waals surface area contributed by atoms with E-state index >= 15 is 0 Å². The number of rotatable bonds is 7. The Morgan fingerprint density at radius 1 is 1.12 bits per heavy atom. The summed E-state index contributed by atoms with van der Waals surface area (Å²) >= 11 is 0. The molecule has 6 nitrogen and oxygen atoms in total. The summed E-state index contributed by atoms with van der Waals surface area (Å²) < 4.78 is 32.3. The Morgan fingerprint density at radius 3 is 2.23 bits per heavy atom. The maximum Gasteiger partial charge on any atom is 0.241 e. The monoisotopic (exact) mass is 376 g/mol. The molecule has 140 valence electrons. The molecule has 0 saturated carbocycles. The fraction of sp³-hybridized carbons (Fsp3) is 0.316. The molecule has 0 aliphatic carbocycles. The molecule has 2 aromatic carbocycles. The highest BCUT2D eigenvalue weighted by atomic mass is 32.2. The van der Waals surface area contributed by atoms with Crippen molar-refractivity contribution < 1.29 is 17.9 Å². The number of amides is 1. The third-order valence-electron chi connectivity index (χ3n) is 3.99. The molecule has 0 aliphatic heterocycles. The maximum absolute atomic E-state index is 12.5. The maximum atomic E-state index is 12.5. The Morgan fingerprint density at radius 2 is 1.69 bits per heavy atom. The van der Waals surface area contributed by atoms with Crippen molar-refractivity contribution >= 4 is 15.9 Å². The Labute approximate surface area is 154 Å². The quantitative estimate of drug-likeness (QED) is 0.805. The highest BCUT2D eigenvalue weighted by molar-refractivity contribution is 7.89. The van der Waals surface area contributed by atoms with Gasteiger partial charge in [-0.25, -0.2) is 8.42 Å². The molecule has 1 amide bonds. The highest BCUT2D eigenvalue weighted by Gasteiger charge is 2.24. The highest BCUT2D eigenvalue weighted by Crippen LogP contribution is 2.16. The van der Waals surface area contributed by atoms with E-state index in [1.807, 2.05) is 31.2 Å². The van der Waals surface area contributed by atoms with Gasteiger partial charge in [0.15, 0.2) is 0 Å². The predicted octanol–water partition coefficient (Wildman–Crippen LogP) is 2.33. The van der Waals surface area contributed by atoms with Crippen LogP contribution in [-0.2, 0) is 21.4 Å². The van der Waals surface area contributed by atoms with Crippen molar-refractivity contribution in [3.05, 3.63) is 59.7 Å². The zero-order chi connectivity index (χ0) is 19.3. The molecule has 7 heteroatoms. The summed E-state index contributed by atoms with van der Waals surface area (Å²) in [6, 6.07) is 13.0. The number of sulfonamides is 1. The number of nitrogens with one attached hydrogen (secondary N) is 1. The smallest absolute Gasteiger partial charge is 0.241 e. The van der Waals surface area contributed by atoms with E-state index in [1.54, 1.807) is 19.2 Å². The van der Waals surface area contributed by atoms with Gasteiger partial charge in [-0.2, -0.15) is 4.72 Å². The molecule has 0 bridgehead atoms. The average molecular weight is 376 g/mol. The molecule has 0 fully saturated rings. The summed E-state index contributed by atoms with van der Waals surface area (Å²) in [5.41, 5.74) is 2.13. The number of benzene rings is 2. The summed E-state index contributed by atoms with van der Waals surface area (Å²) in [7, 11) is -0.635. The van der Waals surface area contributed by atoms with Crippen LogP contribution in [0.3, 0.4) is 0 Å². The van der Waals surface area contributed by atoms with Crippen LogP contribution in [0.15, 0.2) is 53.4 Å². The molecule has 0 radical (unpaired) electrons. The normalized spacial score (nSPS) is 12.5. The molecule has 2 rings (SSSR count). The van der Waals surface area contributed by atoms with Crippen molar-refractivity contribution in [1.29, 1.82) is 0 Å². The number of aryl methyl sites for hydroxylation is 1. The molecular formula is C19H24N2O4S. The summed E-state index contributed by atoms with van der Waals surface area (Å²) in [6.45, 7) is 3.94. The molecule has 0 unspecified atom stereocenters. The summed E-state index contributed by atoms with van der Waals surface area (Å²) in [5, 5.41) is 0. The van der Waals surface area contributed by atoms with Gasteiger partial charge < -0.3 is 9.64 Å². The van der Waals surface area contributed by atoms with Crippen molar-refractivity contribution in [3.63, 3.8) is 0 Å². The van der Waals surface area contributed by atoms with Gasteiger partial charge in [-0.3, -0.25) is 4.79 Å². The second-order valence-electron chi connectivity index (χ2n) is 6.20. The van der Waals surface area contributed by atoms with Gasteiger partial charge in [0, 0.05) is 13.6 Å². The van der Waals surface area contributed by atoms with E-state index in [-0.39, 0.29) is 10.8 Å². The van der Waals surface area contributed by atoms with Gasteiger partial charge in [0.1, 0.15) is 5.75 Å². The number of ether oxygens (including phenoxy) is 1. The SMILES string of the molecule is COc1ccc(S(=O)(=O)N[C@@H](C)C(=O)N(C)Cc2ccc(C)cc2)cc1. The van der Waals surface area contributed by atoms with Crippen molar-refractivity contribution in [2.45, 2.75) is 31.3 Å². The first-order valence-electron chi connectivity index (χ1n) is 8.20.